The van der Waals surface area contributed by atoms with Crippen molar-refractivity contribution in [1.29, 1.82) is 5.26 Å². The van der Waals surface area contributed by atoms with E-state index in [9.17, 15) is 29.2 Å². The van der Waals surface area contributed by atoms with E-state index in [1.807, 2.05) is 34.8 Å². The van der Waals surface area contributed by atoms with Gasteiger partial charge in [0, 0.05) is 87.3 Å². The molecule has 5 amide bonds. The van der Waals surface area contributed by atoms with Crippen molar-refractivity contribution in [3.63, 3.8) is 0 Å². The Kier molecular flexibility index (Phi) is 10.3. The van der Waals surface area contributed by atoms with E-state index in [1.165, 1.54) is 6.07 Å². The van der Waals surface area contributed by atoms with E-state index >= 15 is 4.39 Å². The first-order valence-corrected chi connectivity index (χ1v) is 20.6. The number of hydrogen-bond acceptors (Lipinski definition) is 14. The number of amides is 5. The minimum atomic E-state index is -1.13. The topological polar surface area (TPSA) is 211 Å². The number of halogens is 1. The van der Waals surface area contributed by atoms with Crippen LogP contribution >= 0.6 is 11.3 Å². The molecule has 17 nitrogen and oxygen atoms in total. The second-order valence-corrected chi connectivity index (χ2v) is 16.4. The van der Waals surface area contributed by atoms with Gasteiger partial charge >= 0.3 is 0 Å². The lowest BCUT2D eigenvalue weighted by Gasteiger charge is -2.36. The summed E-state index contributed by atoms with van der Waals surface area (Å²) in [5.41, 5.74) is 2.95. The quantitative estimate of drug-likeness (QED) is 0.182. The van der Waals surface area contributed by atoms with Crippen LogP contribution in [0.5, 0.6) is 0 Å². The number of rotatable bonds is 9. The molecule has 3 N–H and O–H groups in total. The molecule has 0 bridgehead atoms. The maximum atomic E-state index is 15.4. The summed E-state index contributed by atoms with van der Waals surface area (Å²) in [6.07, 6.45) is 8.58. The Labute approximate surface area is 346 Å². The number of carbonyl (C=O) groups excluding carboxylic acids is 5. The monoisotopic (exact) mass is 830 g/mol. The molecule has 2 saturated heterocycles. The first-order valence-electron chi connectivity index (χ1n) is 19.8. The standard InChI is InChI=1S/C41H39FN12O5S/c1-44-30-18-33(53-11-9-25-23(19-43)8-10-45-36(25)53)46-20-28(30)39-50-49-38(60-39)22-2-4-24(5-3-22)47-35(56)21-51-12-14-52(15-13-51)32-17-27-26(16-29(32)42)40(58)54(41(27)59)31-6-7-34(55)48-37(31)57/h8-11,16-18,20,22,24,31H,2-7,12-15,21H2,1H3,(H,44,46)(H,47,56)(H,48,55,57)/t22-,24-,31?. The van der Waals surface area contributed by atoms with Gasteiger partial charge in [0.25, 0.3) is 11.8 Å². The van der Waals surface area contributed by atoms with E-state index in [2.05, 4.69) is 37.2 Å². The van der Waals surface area contributed by atoms with Gasteiger partial charge in [0.2, 0.25) is 17.7 Å². The highest BCUT2D eigenvalue weighted by Crippen LogP contribution is 2.39. The van der Waals surface area contributed by atoms with E-state index in [0.29, 0.717) is 43.2 Å². The number of pyridine rings is 2. The van der Waals surface area contributed by atoms with Crippen LogP contribution in [0.3, 0.4) is 0 Å². The number of anilines is 2. The molecule has 3 fully saturated rings. The number of nitrogens with zero attached hydrogens (tertiary/aromatic N) is 9. The summed E-state index contributed by atoms with van der Waals surface area (Å²) in [5.74, 6) is -2.49. The number of imide groups is 2. The van der Waals surface area contributed by atoms with Crippen molar-refractivity contribution in [1.82, 2.24) is 45.2 Å². The van der Waals surface area contributed by atoms with Crippen molar-refractivity contribution < 1.29 is 28.4 Å². The molecule has 0 spiro atoms. The molecule has 1 saturated carbocycles. The smallest absolute Gasteiger partial charge is 0.262 e. The van der Waals surface area contributed by atoms with Crippen LogP contribution in [0.25, 0.3) is 27.4 Å². The third-order valence-electron chi connectivity index (χ3n) is 11.8. The number of nitriles is 1. The van der Waals surface area contributed by atoms with Crippen LogP contribution in [0.2, 0.25) is 0 Å². The zero-order valence-electron chi connectivity index (χ0n) is 32.5. The SMILES string of the molecule is CNc1cc(-n2ccc3c(C#N)ccnc32)ncc1-c1nnc([C@H]2CC[C@H](NC(=O)CN3CCN(c4cc5c(cc4F)C(=O)N(C4CCC(=O)NC4=O)C5=O)CC3)CC2)s1. The maximum absolute atomic E-state index is 15.4. The minimum absolute atomic E-state index is 0.00540. The fraction of sp³-hybridized carbons (Fsp3) is 0.366. The molecular formula is C41H39FN12O5S. The van der Waals surface area contributed by atoms with Crippen molar-refractivity contribution in [3.05, 3.63) is 76.4 Å². The highest BCUT2D eigenvalue weighted by molar-refractivity contribution is 7.14. The average Bonchev–Trinajstić information content (AvgIpc) is 3.98. The van der Waals surface area contributed by atoms with E-state index in [-0.39, 0.29) is 54.1 Å². The first kappa shape index (κ1) is 38.8. The van der Waals surface area contributed by atoms with Gasteiger partial charge in [-0.2, -0.15) is 5.26 Å². The van der Waals surface area contributed by atoms with Crippen molar-refractivity contribution in [2.75, 3.05) is 50.0 Å². The maximum Gasteiger partial charge on any atom is 0.262 e. The van der Waals surface area contributed by atoms with Gasteiger partial charge in [-0.05, 0) is 56.4 Å². The third kappa shape index (κ3) is 7.11. The molecule has 1 unspecified atom stereocenters. The molecule has 1 aliphatic carbocycles. The summed E-state index contributed by atoms with van der Waals surface area (Å²) in [7, 11) is 1.84. The molecular weight excluding hydrogens is 792 g/mol. The molecule has 19 heteroatoms. The van der Waals surface area contributed by atoms with E-state index in [1.54, 1.807) is 34.7 Å². The van der Waals surface area contributed by atoms with Gasteiger partial charge in [-0.1, -0.05) is 11.3 Å². The Morgan fingerprint density at radius 1 is 0.967 bits per heavy atom. The Morgan fingerprint density at radius 2 is 1.73 bits per heavy atom. The summed E-state index contributed by atoms with van der Waals surface area (Å²) < 4.78 is 17.3. The predicted molar refractivity (Wildman–Crippen MR) is 217 cm³/mol. The predicted octanol–water partition coefficient (Wildman–Crippen LogP) is 3.36. The Hall–Kier alpha value is -6.65. The van der Waals surface area contributed by atoms with Gasteiger partial charge in [0.05, 0.1) is 40.6 Å². The van der Waals surface area contributed by atoms with Crippen LogP contribution in [0.4, 0.5) is 15.8 Å². The average molecular weight is 831 g/mol. The van der Waals surface area contributed by atoms with Gasteiger partial charge < -0.3 is 15.5 Å². The molecule has 9 rings (SSSR count). The first-order chi connectivity index (χ1) is 29.1. The summed E-state index contributed by atoms with van der Waals surface area (Å²) >= 11 is 1.55. The molecule has 3 aliphatic heterocycles. The van der Waals surface area contributed by atoms with Crippen LogP contribution in [0.1, 0.15) is 75.7 Å². The second kappa shape index (κ2) is 15.8. The van der Waals surface area contributed by atoms with E-state index < -0.39 is 35.5 Å². The molecule has 306 valence electrons. The molecule has 1 aromatic carbocycles. The highest BCUT2D eigenvalue weighted by atomic mass is 32.1. The zero-order valence-corrected chi connectivity index (χ0v) is 33.3. The number of hydrogen-bond donors (Lipinski definition) is 3. The molecule has 4 aromatic heterocycles. The van der Waals surface area contributed by atoms with Gasteiger partial charge in [-0.3, -0.25) is 43.7 Å². The molecule has 7 heterocycles. The fourth-order valence-corrected chi connectivity index (χ4v) is 9.65. The van der Waals surface area contributed by atoms with E-state index in [0.717, 1.165) is 63.3 Å². The van der Waals surface area contributed by atoms with Crippen LogP contribution < -0.4 is 20.9 Å². The second-order valence-electron chi connectivity index (χ2n) is 15.4. The normalized spacial score (nSPS) is 20.9. The Morgan fingerprint density at radius 3 is 2.47 bits per heavy atom. The van der Waals surface area contributed by atoms with Crippen LogP contribution in [0.15, 0.2) is 48.9 Å². The van der Waals surface area contributed by atoms with Gasteiger partial charge in [-0.25, -0.2) is 14.4 Å². The number of benzene rings is 1. The number of carbonyl (C=O) groups is 5. The van der Waals surface area contributed by atoms with Crippen LogP contribution in [-0.4, -0.2) is 116 Å². The number of piperazine rings is 1. The fourth-order valence-electron chi connectivity index (χ4n) is 8.61. The summed E-state index contributed by atoms with van der Waals surface area (Å²) in [6, 6.07) is 9.00. The van der Waals surface area contributed by atoms with Crippen LogP contribution in [0, 0.1) is 17.1 Å². The lowest BCUT2D eigenvalue weighted by molar-refractivity contribution is -0.136. The largest absolute Gasteiger partial charge is 0.387 e. The van der Waals surface area contributed by atoms with Crippen molar-refractivity contribution in [2.24, 2.45) is 0 Å². The number of fused-ring (bicyclic) bond motifs is 2. The summed E-state index contributed by atoms with van der Waals surface area (Å²) in [6.45, 7) is 1.98. The van der Waals surface area contributed by atoms with Gasteiger partial charge in [0.1, 0.15) is 28.3 Å². The number of nitrogens with one attached hydrogen (secondary N) is 3. The molecule has 1 atom stereocenters. The lowest BCUT2D eigenvalue weighted by atomic mass is 9.86. The summed E-state index contributed by atoms with van der Waals surface area (Å²) in [5, 5.41) is 29.6. The number of piperidine rings is 1. The van der Waals surface area contributed by atoms with E-state index in [4.69, 9.17) is 4.98 Å². The van der Waals surface area contributed by atoms with Crippen molar-refractivity contribution in [2.45, 2.75) is 56.5 Å². The lowest BCUT2D eigenvalue weighted by Crippen LogP contribution is -2.54. The molecule has 5 aromatic rings. The van der Waals surface area contributed by atoms with Crippen molar-refractivity contribution >= 4 is 63.3 Å². The zero-order chi connectivity index (χ0) is 41.7. The van der Waals surface area contributed by atoms with Crippen molar-refractivity contribution in [3.8, 4) is 22.5 Å². The molecule has 60 heavy (non-hydrogen) atoms. The molecule has 4 aliphatic rings. The Bertz CT molecular complexity index is 2620. The van der Waals surface area contributed by atoms with Crippen LogP contribution in [-0.2, 0) is 14.4 Å². The van der Waals surface area contributed by atoms with Gasteiger partial charge in [0.15, 0.2) is 5.01 Å². The summed E-state index contributed by atoms with van der Waals surface area (Å²) in [4.78, 5) is 77.3. The Balaban J connectivity index is 0.761. The number of aromatic nitrogens is 5. The molecule has 0 radical (unpaired) electrons. The minimum Gasteiger partial charge on any atom is -0.387 e. The third-order valence-corrected chi connectivity index (χ3v) is 12.9. The van der Waals surface area contributed by atoms with Gasteiger partial charge in [-0.15, -0.1) is 10.2 Å². The highest BCUT2D eigenvalue weighted by Gasteiger charge is 2.45.